The maximum atomic E-state index is 9.21. The molecule has 1 aromatic carbocycles. The topological polar surface area (TPSA) is 81.5 Å². The Morgan fingerprint density at radius 3 is 2.42 bits per heavy atom. The fraction of sp³-hybridized carbons (Fsp3) is 0.250. The number of hydrogen-bond donors (Lipinski definition) is 3. The maximum Gasteiger partial charge on any atom is 0.278 e. The highest BCUT2D eigenvalue weighted by Gasteiger charge is 2.20. The summed E-state index contributed by atoms with van der Waals surface area (Å²) in [6.07, 6.45) is 0. The Morgan fingerprint density at radius 1 is 1.33 bits per heavy atom. The van der Waals surface area contributed by atoms with Crippen molar-refractivity contribution in [1.82, 2.24) is 0 Å². The number of ether oxygens (including phenoxy) is 1. The molecule has 0 aliphatic rings. The molecule has 5 N–H and O–H groups in total. The van der Waals surface area contributed by atoms with Gasteiger partial charge in [-0.05, 0) is 12.1 Å². The molecule has 0 heterocycles. The van der Waals surface area contributed by atoms with Gasteiger partial charge in [-0.1, -0.05) is 18.2 Å². The van der Waals surface area contributed by atoms with E-state index in [1.807, 2.05) is 6.07 Å². The molecule has 4 nitrogen and oxygen atoms in total. The molecule has 0 bridgehead atoms. The highest BCUT2D eigenvalue weighted by atomic mass is 16.6. The SMILES string of the molecule is NCC(N)(O)Oc1ccccc1. The van der Waals surface area contributed by atoms with Crippen LogP contribution >= 0.6 is 0 Å². The first-order valence-corrected chi connectivity index (χ1v) is 3.59. The Labute approximate surface area is 70.7 Å². The smallest absolute Gasteiger partial charge is 0.278 e. The summed E-state index contributed by atoms with van der Waals surface area (Å²) in [7, 11) is 0. The van der Waals surface area contributed by atoms with Crippen LogP contribution in [0.15, 0.2) is 30.3 Å². The van der Waals surface area contributed by atoms with Crippen molar-refractivity contribution in [2.75, 3.05) is 6.54 Å². The van der Waals surface area contributed by atoms with E-state index in [0.717, 1.165) is 0 Å². The molecule has 0 spiro atoms. The molecule has 1 rings (SSSR count). The predicted molar refractivity (Wildman–Crippen MR) is 45.3 cm³/mol. The van der Waals surface area contributed by atoms with Gasteiger partial charge in [-0.25, -0.2) is 0 Å². The van der Waals surface area contributed by atoms with Crippen LogP contribution in [-0.4, -0.2) is 17.6 Å². The van der Waals surface area contributed by atoms with Crippen molar-refractivity contribution in [1.29, 1.82) is 0 Å². The van der Waals surface area contributed by atoms with E-state index in [9.17, 15) is 5.11 Å². The van der Waals surface area contributed by atoms with Crippen molar-refractivity contribution in [3.05, 3.63) is 30.3 Å². The lowest BCUT2D eigenvalue weighted by atomic mass is 10.3. The lowest BCUT2D eigenvalue weighted by molar-refractivity contribution is -0.123. The van der Waals surface area contributed by atoms with E-state index >= 15 is 0 Å². The summed E-state index contributed by atoms with van der Waals surface area (Å²) < 4.78 is 4.96. The number of benzene rings is 1. The van der Waals surface area contributed by atoms with Gasteiger partial charge in [-0.3, -0.25) is 5.73 Å². The Kier molecular flexibility index (Phi) is 2.65. The second kappa shape index (κ2) is 3.53. The van der Waals surface area contributed by atoms with Crippen molar-refractivity contribution in [2.24, 2.45) is 11.5 Å². The van der Waals surface area contributed by atoms with Gasteiger partial charge >= 0.3 is 0 Å². The highest BCUT2D eigenvalue weighted by molar-refractivity contribution is 5.21. The van der Waals surface area contributed by atoms with Gasteiger partial charge in [0, 0.05) is 0 Å². The van der Waals surface area contributed by atoms with Crippen LogP contribution in [0.5, 0.6) is 5.75 Å². The van der Waals surface area contributed by atoms with Gasteiger partial charge < -0.3 is 15.6 Å². The Bertz CT molecular complexity index is 236. The molecule has 1 unspecified atom stereocenters. The fourth-order valence-corrected chi connectivity index (χ4v) is 0.734. The minimum Gasteiger partial charge on any atom is -0.448 e. The molecule has 0 saturated carbocycles. The molecule has 12 heavy (non-hydrogen) atoms. The number of nitrogens with two attached hydrogens (primary N) is 2. The third-order valence-corrected chi connectivity index (χ3v) is 1.33. The summed E-state index contributed by atoms with van der Waals surface area (Å²) in [5.74, 6) is -1.28. The summed E-state index contributed by atoms with van der Waals surface area (Å²) >= 11 is 0. The minimum absolute atomic E-state index is 0.151. The van der Waals surface area contributed by atoms with Crippen molar-refractivity contribution < 1.29 is 9.84 Å². The van der Waals surface area contributed by atoms with Crippen molar-refractivity contribution in [3.8, 4) is 5.75 Å². The molecule has 1 aromatic rings. The van der Waals surface area contributed by atoms with E-state index in [0.29, 0.717) is 5.75 Å². The van der Waals surface area contributed by atoms with Gasteiger partial charge in [0.05, 0.1) is 6.54 Å². The van der Waals surface area contributed by atoms with Gasteiger partial charge in [-0.15, -0.1) is 0 Å². The zero-order valence-electron chi connectivity index (χ0n) is 6.60. The van der Waals surface area contributed by atoms with Crippen LogP contribution in [0.2, 0.25) is 0 Å². The number of hydrogen-bond acceptors (Lipinski definition) is 4. The average Bonchev–Trinajstić information content (AvgIpc) is 2.06. The molecule has 1 atom stereocenters. The van der Waals surface area contributed by atoms with Gasteiger partial charge in [0.25, 0.3) is 5.91 Å². The zero-order chi connectivity index (χ0) is 9.03. The molecule has 0 aliphatic heterocycles. The number of aliphatic hydroxyl groups is 1. The van der Waals surface area contributed by atoms with Crippen LogP contribution in [-0.2, 0) is 0 Å². The molecule has 4 heteroatoms. The first-order chi connectivity index (χ1) is 5.64. The van der Waals surface area contributed by atoms with E-state index in [4.69, 9.17) is 16.2 Å². The Balaban J connectivity index is 2.64. The van der Waals surface area contributed by atoms with Gasteiger partial charge in [0.15, 0.2) is 0 Å². The first-order valence-electron chi connectivity index (χ1n) is 3.59. The summed E-state index contributed by atoms with van der Waals surface area (Å²) in [5.41, 5.74) is 10.4. The van der Waals surface area contributed by atoms with Crippen molar-refractivity contribution in [3.63, 3.8) is 0 Å². The lowest BCUT2D eigenvalue weighted by Gasteiger charge is -2.21. The molecule has 0 saturated heterocycles. The molecule has 0 radical (unpaired) electrons. The van der Waals surface area contributed by atoms with Gasteiger partial charge in [-0.2, -0.15) is 0 Å². The summed E-state index contributed by atoms with van der Waals surface area (Å²) in [6, 6.07) is 8.77. The van der Waals surface area contributed by atoms with Crippen LogP contribution in [0.25, 0.3) is 0 Å². The fourth-order valence-electron chi connectivity index (χ4n) is 0.734. The maximum absolute atomic E-state index is 9.21. The number of para-hydroxylation sites is 1. The van der Waals surface area contributed by atoms with Crippen LogP contribution in [0.1, 0.15) is 0 Å². The molecule has 0 fully saturated rings. The molecular weight excluding hydrogens is 156 g/mol. The zero-order valence-corrected chi connectivity index (χ0v) is 6.60. The van der Waals surface area contributed by atoms with E-state index in [-0.39, 0.29) is 6.54 Å². The Morgan fingerprint density at radius 2 is 1.92 bits per heavy atom. The molecular formula is C8H12N2O2. The second-order valence-corrected chi connectivity index (χ2v) is 2.46. The molecule has 66 valence electrons. The largest absolute Gasteiger partial charge is 0.448 e. The Hall–Kier alpha value is -1.10. The average molecular weight is 168 g/mol. The van der Waals surface area contributed by atoms with Crippen LogP contribution < -0.4 is 16.2 Å². The molecule has 0 aliphatic carbocycles. The predicted octanol–water partition coefficient (Wildman–Crippen LogP) is -0.371. The lowest BCUT2D eigenvalue weighted by Crippen LogP contribution is -2.52. The van der Waals surface area contributed by atoms with Crippen molar-refractivity contribution in [2.45, 2.75) is 5.91 Å². The van der Waals surface area contributed by atoms with E-state index in [1.165, 1.54) is 0 Å². The quantitative estimate of drug-likeness (QED) is 0.538. The van der Waals surface area contributed by atoms with E-state index < -0.39 is 5.91 Å². The second-order valence-electron chi connectivity index (χ2n) is 2.46. The number of rotatable bonds is 3. The van der Waals surface area contributed by atoms with Crippen LogP contribution in [0, 0.1) is 0 Å². The van der Waals surface area contributed by atoms with Crippen LogP contribution in [0.3, 0.4) is 0 Å². The normalized spacial score (nSPS) is 15.2. The van der Waals surface area contributed by atoms with Crippen molar-refractivity contribution >= 4 is 0 Å². The third-order valence-electron chi connectivity index (χ3n) is 1.33. The van der Waals surface area contributed by atoms with Gasteiger partial charge in [0.2, 0.25) is 0 Å². The standard InChI is InChI=1S/C8H12N2O2/c9-6-8(10,11)12-7-4-2-1-3-5-7/h1-5,11H,6,9-10H2. The summed E-state index contributed by atoms with van der Waals surface area (Å²) in [4.78, 5) is 0. The van der Waals surface area contributed by atoms with E-state index in [2.05, 4.69) is 0 Å². The third kappa shape index (κ3) is 2.50. The van der Waals surface area contributed by atoms with Crippen LogP contribution in [0.4, 0.5) is 0 Å². The molecule has 0 aromatic heterocycles. The monoisotopic (exact) mass is 168 g/mol. The van der Waals surface area contributed by atoms with E-state index in [1.54, 1.807) is 24.3 Å². The minimum atomic E-state index is -1.78. The molecule has 0 amide bonds. The summed E-state index contributed by atoms with van der Waals surface area (Å²) in [5, 5.41) is 9.21. The first kappa shape index (κ1) is 8.99. The van der Waals surface area contributed by atoms with Gasteiger partial charge in [0.1, 0.15) is 5.75 Å². The summed E-state index contributed by atoms with van der Waals surface area (Å²) in [6.45, 7) is -0.151. The highest BCUT2D eigenvalue weighted by Crippen LogP contribution is 2.11.